The fourth-order valence-corrected chi connectivity index (χ4v) is 3.99. The first kappa shape index (κ1) is 15.9. The first-order chi connectivity index (χ1) is 12.0. The van der Waals surface area contributed by atoms with E-state index in [2.05, 4.69) is 36.9 Å². The van der Waals surface area contributed by atoms with Crippen LogP contribution in [0.1, 0.15) is 31.4 Å². The molecule has 128 valence electrons. The molecule has 0 aromatic carbocycles. The average Bonchev–Trinajstić information content (AvgIpc) is 3.14. The highest BCUT2D eigenvalue weighted by atomic mass is 79.9. The Bertz CT molecular complexity index is 924. The van der Waals surface area contributed by atoms with E-state index in [4.69, 9.17) is 9.68 Å². The second-order valence-corrected chi connectivity index (χ2v) is 7.12. The molecule has 9 heteroatoms. The van der Waals surface area contributed by atoms with Crippen LogP contribution >= 0.6 is 15.9 Å². The lowest BCUT2D eigenvalue weighted by Gasteiger charge is -2.35. The van der Waals surface area contributed by atoms with Gasteiger partial charge in [-0.05, 0) is 41.6 Å². The van der Waals surface area contributed by atoms with E-state index in [1.54, 1.807) is 12.3 Å². The van der Waals surface area contributed by atoms with Crippen molar-refractivity contribution in [2.75, 3.05) is 5.32 Å². The quantitative estimate of drug-likeness (QED) is 0.662. The van der Waals surface area contributed by atoms with Gasteiger partial charge in [-0.25, -0.2) is 9.78 Å². The van der Waals surface area contributed by atoms with Gasteiger partial charge in [0.05, 0.1) is 10.7 Å². The maximum absolute atomic E-state index is 12.0. The van der Waals surface area contributed by atoms with E-state index in [0.717, 1.165) is 22.7 Å². The molecule has 0 unspecified atom stereocenters. The molecule has 0 atom stereocenters. The smallest absolute Gasteiger partial charge is 0.322 e. The summed E-state index contributed by atoms with van der Waals surface area (Å²) in [5, 5.41) is 18.2. The van der Waals surface area contributed by atoms with Crippen molar-refractivity contribution in [1.29, 1.82) is 5.26 Å². The van der Waals surface area contributed by atoms with Crippen molar-refractivity contribution in [3.63, 3.8) is 0 Å². The zero-order valence-corrected chi connectivity index (χ0v) is 14.6. The summed E-state index contributed by atoms with van der Waals surface area (Å²) in [6.45, 7) is 0. The number of hydrogen-bond donors (Lipinski definition) is 3. The van der Waals surface area contributed by atoms with Gasteiger partial charge in [-0.3, -0.25) is 10.1 Å². The van der Waals surface area contributed by atoms with Gasteiger partial charge in [-0.2, -0.15) is 5.26 Å². The van der Waals surface area contributed by atoms with E-state index in [0.29, 0.717) is 24.2 Å². The molecule has 1 spiro atoms. The maximum Gasteiger partial charge on any atom is 0.322 e. The Balaban J connectivity index is 1.50. The highest BCUT2D eigenvalue weighted by Gasteiger charge is 2.48. The normalized spacial score (nSPS) is 25.7. The molecule has 0 radical (unpaired) electrons. The van der Waals surface area contributed by atoms with E-state index in [1.807, 2.05) is 6.07 Å². The van der Waals surface area contributed by atoms with Crippen molar-refractivity contribution in [3.05, 3.63) is 22.5 Å². The van der Waals surface area contributed by atoms with Crippen LogP contribution in [0.5, 0.6) is 0 Å². The van der Waals surface area contributed by atoms with Crippen LogP contribution in [0.2, 0.25) is 0 Å². The van der Waals surface area contributed by atoms with Gasteiger partial charge in [-0.15, -0.1) is 0 Å². The summed E-state index contributed by atoms with van der Waals surface area (Å²) in [5.41, 5.74) is -0.224. The summed E-state index contributed by atoms with van der Waals surface area (Å²) in [6.07, 6.45) is 4.19. The summed E-state index contributed by atoms with van der Waals surface area (Å²) in [5.74, 6) is 0.662. The molecule has 2 aromatic rings. The number of fused-ring (bicyclic) bond motifs is 1. The largest absolute Gasteiger partial charge is 0.444 e. The highest BCUT2D eigenvalue weighted by Crippen LogP contribution is 2.35. The second kappa shape index (κ2) is 5.74. The molecule has 2 aliphatic rings. The Morgan fingerprint density at radius 3 is 2.80 bits per heavy atom. The maximum atomic E-state index is 12.0. The van der Waals surface area contributed by atoms with Crippen molar-refractivity contribution >= 4 is 44.7 Å². The first-order valence-corrected chi connectivity index (χ1v) is 8.68. The van der Waals surface area contributed by atoms with Gasteiger partial charge in [0.15, 0.2) is 5.58 Å². The molecule has 2 aromatic heterocycles. The van der Waals surface area contributed by atoms with E-state index in [1.165, 1.54) is 0 Å². The predicted molar refractivity (Wildman–Crippen MR) is 91.7 cm³/mol. The zero-order chi connectivity index (χ0) is 17.6. The van der Waals surface area contributed by atoms with Gasteiger partial charge in [0.25, 0.3) is 5.91 Å². The number of rotatable bonds is 2. The molecule has 1 aliphatic heterocycles. The fourth-order valence-electron chi connectivity index (χ4n) is 3.46. The number of nitrogens with one attached hydrogen (secondary N) is 3. The number of amides is 3. The molecule has 1 saturated heterocycles. The van der Waals surface area contributed by atoms with Crippen LogP contribution < -0.4 is 16.0 Å². The minimum absolute atomic E-state index is 0.138. The Morgan fingerprint density at radius 2 is 2.16 bits per heavy atom. The van der Waals surface area contributed by atoms with Gasteiger partial charge < -0.3 is 15.1 Å². The number of pyridine rings is 1. The van der Waals surface area contributed by atoms with Crippen molar-refractivity contribution in [1.82, 2.24) is 15.6 Å². The van der Waals surface area contributed by atoms with Crippen molar-refractivity contribution in [3.8, 4) is 6.07 Å². The average molecular weight is 404 g/mol. The standard InChI is InChI=1S/C16H14BrN5O3/c17-12-10-5-9(6-18)25-11(10)7-19-13(12)20-8-1-3-16(4-2-8)14(23)21-15(24)22-16/h5,7-8H,1-4H2,(H,19,20)(H2,21,22,23,24). The molecule has 1 aliphatic carbocycles. The third kappa shape index (κ3) is 2.62. The molecule has 8 nitrogen and oxygen atoms in total. The first-order valence-electron chi connectivity index (χ1n) is 7.89. The molecule has 1 saturated carbocycles. The molecule has 0 bridgehead atoms. The van der Waals surface area contributed by atoms with Gasteiger partial charge >= 0.3 is 6.03 Å². The Hall–Kier alpha value is -2.60. The van der Waals surface area contributed by atoms with Gasteiger partial charge in [-0.1, -0.05) is 0 Å². The Kier molecular flexibility index (Phi) is 3.65. The fraction of sp³-hybridized carbons (Fsp3) is 0.375. The monoisotopic (exact) mass is 403 g/mol. The number of anilines is 1. The summed E-state index contributed by atoms with van der Waals surface area (Å²) in [6, 6.07) is 3.36. The van der Waals surface area contributed by atoms with E-state index < -0.39 is 11.6 Å². The molecule has 25 heavy (non-hydrogen) atoms. The lowest BCUT2D eigenvalue weighted by Crippen LogP contribution is -2.51. The number of nitriles is 1. The van der Waals surface area contributed by atoms with Crippen LogP contribution in [0.3, 0.4) is 0 Å². The Labute approximate surface area is 151 Å². The van der Waals surface area contributed by atoms with Crippen molar-refractivity contribution in [2.45, 2.75) is 37.3 Å². The van der Waals surface area contributed by atoms with Crippen LogP contribution in [0, 0.1) is 11.3 Å². The topological polar surface area (TPSA) is 120 Å². The minimum atomic E-state index is -0.768. The molecule has 3 heterocycles. The van der Waals surface area contributed by atoms with Crippen LogP contribution in [0.25, 0.3) is 11.0 Å². The molecular weight excluding hydrogens is 390 g/mol. The molecule has 3 N–H and O–H groups in total. The number of nitrogens with zero attached hydrogens (tertiary/aromatic N) is 2. The number of urea groups is 1. The molecule has 4 rings (SSSR count). The molecule has 3 amide bonds. The third-order valence-electron chi connectivity index (χ3n) is 4.82. The van der Waals surface area contributed by atoms with E-state index in [9.17, 15) is 9.59 Å². The third-order valence-corrected chi connectivity index (χ3v) is 5.62. The minimum Gasteiger partial charge on any atom is -0.444 e. The second-order valence-electron chi connectivity index (χ2n) is 6.33. The highest BCUT2D eigenvalue weighted by molar-refractivity contribution is 9.10. The van der Waals surface area contributed by atoms with Crippen LogP contribution in [0.15, 0.2) is 21.2 Å². The van der Waals surface area contributed by atoms with Gasteiger partial charge in [0.2, 0.25) is 5.76 Å². The lowest BCUT2D eigenvalue weighted by atomic mass is 9.79. The van der Waals surface area contributed by atoms with Gasteiger partial charge in [0.1, 0.15) is 17.4 Å². The zero-order valence-electron chi connectivity index (χ0n) is 13.1. The van der Waals surface area contributed by atoms with Crippen LogP contribution in [-0.2, 0) is 4.79 Å². The van der Waals surface area contributed by atoms with Gasteiger partial charge in [0, 0.05) is 17.5 Å². The summed E-state index contributed by atoms with van der Waals surface area (Å²) < 4.78 is 6.10. The number of imide groups is 1. The lowest BCUT2D eigenvalue weighted by molar-refractivity contribution is -0.125. The molecule has 2 fully saturated rings. The van der Waals surface area contributed by atoms with E-state index >= 15 is 0 Å². The number of furan rings is 1. The number of carbonyl (C=O) groups excluding carboxylic acids is 2. The van der Waals surface area contributed by atoms with Crippen LogP contribution in [-0.4, -0.2) is 28.5 Å². The van der Waals surface area contributed by atoms with Crippen LogP contribution in [0.4, 0.5) is 10.6 Å². The number of hydrogen-bond acceptors (Lipinski definition) is 6. The van der Waals surface area contributed by atoms with E-state index in [-0.39, 0.29) is 17.7 Å². The number of aromatic nitrogens is 1. The summed E-state index contributed by atoms with van der Waals surface area (Å²) in [7, 11) is 0. The summed E-state index contributed by atoms with van der Waals surface area (Å²) in [4.78, 5) is 27.7. The summed E-state index contributed by atoms with van der Waals surface area (Å²) >= 11 is 3.51. The Morgan fingerprint density at radius 1 is 1.40 bits per heavy atom. The SMILES string of the molecule is N#Cc1cc2c(Br)c(NC3CCC4(CC3)NC(=O)NC4=O)ncc2o1. The van der Waals surface area contributed by atoms with Crippen molar-refractivity contribution in [2.24, 2.45) is 0 Å². The molecular formula is C16H14BrN5O3. The number of halogens is 1. The number of carbonyl (C=O) groups is 2. The van der Waals surface area contributed by atoms with Crippen molar-refractivity contribution < 1.29 is 14.0 Å². The predicted octanol–water partition coefficient (Wildman–Crippen LogP) is 2.39.